The van der Waals surface area contributed by atoms with Gasteiger partial charge in [-0.25, -0.2) is 9.48 Å². The fourth-order valence-corrected chi connectivity index (χ4v) is 7.60. The summed E-state index contributed by atoms with van der Waals surface area (Å²) >= 11 is 0. The van der Waals surface area contributed by atoms with Crippen LogP contribution in [-0.4, -0.2) is 100 Å². The molecule has 7 rings (SSSR count). The molecule has 3 aromatic rings. The van der Waals surface area contributed by atoms with E-state index in [-0.39, 0.29) is 12.1 Å². The van der Waals surface area contributed by atoms with Crippen LogP contribution >= 0.6 is 0 Å². The first-order valence-corrected chi connectivity index (χ1v) is 17.0. The monoisotopic (exact) mass is 641 g/mol. The van der Waals surface area contributed by atoms with Gasteiger partial charge in [-0.1, -0.05) is 18.2 Å². The Morgan fingerprint density at radius 1 is 0.936 bits per heavy atom. The number of fused-ring (bicyclic) bond motifs is 1. The van der Waals surface area contributed by atoms with E-state index in [1.807, 2.05) is 80.3 Å². The first-order valence-electron chi connectivity index (χ1n) is 17.0. The normalized spacial score (nSPS) is 21.3. The SMILES string of the molecule is CC(C)(C)OC(=O)N1CC(CN2CC(N3CCC([C@@H]4CCNc5c(C(N)=O)c(-c6ccc(Oc7ccccc7)cc6)nn54)CC3)C2)C1. The van der Waals surface area contributed by atoms with Crippen molar-refractivity contribution >= 4 is 17.8 Å². The summed E-state index contributed by atoms with van der Waals surface area (Å²) in [6.07, 6.45) is 3.00. The van der Waals surface area contributed by atoms with E-state index in [0.29, 0.717) is 29.1 Å². The van der Waals surface area contributed by atoms with E-state index in [2.05, 4.69) is 19.8 Å². The molecule has 2 aromatic carbocycles. The third kappa shape index (κ3) is 6.82. The Morgan fingerprint density at radius 3 is 2.28 bits per heavy atom. The molecule has 4 aliphatic heterocycles. The molecule has 1 aromatic heterocycles. The zero-order chi connectivity index (χ0) is 32.7. The number of nitrogens with one attached hydrogen (secondary N) is 1. The van der Waals surface area contributed by atoms with Gasteiger partial charge >= 0.3 is 6.09 Å². The highest BCUT2D eigenvalue weighted by atomic mass is 16.6. The average molecular weight is 642 g/mol. The zero-order valence-electron chi connectivity index (χ0n) is 27.7. The van der Waals surface area contributed by atoms with E-state index >= 15 is 0 Å². The molecular weight excluding hydrogens is 594 g/mol. The van der Waals surface area contributed by atoms with Gasteiger partial charge < -0.3 is 25.4 Å². The Labute approximate surface area is 277 Å². The highest BCUT2D eigenvalue weighted by Gasteiger charge is 2.41. The third-order valence-electron chi connectivity index (χ3n) is 10.0. The lowest BCUT2D eigenvalue weighted by Crippen LogP contribution is -2.64. The summed E-state index contributed by atoms with van der Waals surface area (Å²) in [6, 6.07) is 18.2. The van der Waals surface area contributed by atoms with Crippen molar-refractivity contribution in [3.05, 3.63) is 60.2 Å². The van der Waals surface area contributed by atoms with Crippen LogP contribution in [0.1, 0.15) is 56.4 Å². The Kier molecular flexibility index (Phi) is 8.61. The number of nitrogens with two attached hydrogens (primary N) is 1. The molecule has 3 saturated heterocycles. The molecule has 4 aliphatic rings. The van der Waals surface area contributed by atoms with Crippen LogP contribution in [0.25, 0.3) is 11.3 Å². The smallest absolute Gasteiger partial charge is 0.410 e. The largest absolute Gasteiger partial charge is 0.457 e. The van der Waals surface area contributed by atoms with Crippen LogP contribution in [0.4, 0.5) is 10.6 Å². The number of hydrogen-bond acceptors (Lipinski definition) is 8. The van der Waals surface area contributed by atoms with Crippen LogP contribution in [0.15, 0.2) is 54.6 Å². The van der Waals surface area contributed by atoms with Crippen LogP contribution in [0.2, 0.25) is 0 Å². The number of piperidine rings is 1. The zero-order valence-corrected chi connectivity index (χ0v) is 27.7. The van der Waals surface area contributed by atoms with Crippen LogP contribution in [-0.2, 0) is 4.74 Å². The van der Waals surface area contributed by atoms with Crippen molar-refractivity contribution in [2.75, 3.05) is 57.7 Å². The summed E-state index contributed by atoms with van der Waals surface area (Å²) in [7, 11) is 0. The number of para-hydroxylation sites is 1. The lowest BCUT2D eigenvalue weighted by Gasteiger charge is -2.51. The summed E-state index contributed by atoms with van der Waals surface area (Å²) in [5, 5.41) is 8.48. The van der Waals surface area contributed by atoms with Gasteiger partial charge in [0, 0.05) is 56.8 Å². The van der Waals surface area contributed by atoms with E-state index < -0.39 is 11.5 Å². The number of likely N-dealkylation sites (tertiary alicyclic amines) is 3. The second-order valence-corrected chi connectivity index (χ2v) is 14.6. The van der Waals surface area contributed by atoms with Gasteiger partial charge in [-0.15, -0.1) is 0 Å². The second-order valence-electron chi connectivity index (χ2n) is 14.6. The molecule has 11 nitrogen and oxygen atoms in total. The van der Waals surface area contributed by atoms with Crippen molar-refractivity contribution in [1.29, 1.82) is 0 Å². The number of hydrogen-bond donors (Lipinski definition) is 2. The van der Waals surface area contributed by atoms with E-state index in [9.17, 15) is 9.59 Å². The van der Waals surface area contributed by atoms with Gasteiger partial charge in [-0.05, 0) is 95.4 Å². The highest BCUT2D eigenvalue weighted by Crippen LogP contribution is 2.41. The van der Waals surface area contributed by atoms with Gasteiger partial charge in [0.2, 0.25) is 0 Å². The highest BCUT2D eigenvalue weighted by molar-refractivity contribution is 6.03. The van der Waals surface area contributed by atoms with Gasteiger partial charge in [0.1, 0.15) is 34.2 Å². The molecule has 250 valence electrons. The van der Waals surface area contributed by atoms with Crippen molar-refractivity contribution < 1.29 is 19.1 Å². The van der Waals surface area contributed by atoms with Crippen LogP contribution in [0.5, 0.6) is 11.5 Å². The van der Waals surface area contributed by atoms with Crippen molar-refractivity contribution in [3.8, 4) is 22.8 Å². The average Bonchev–Trinajstić information content (AvgIpc) is 3.40. The maximum absolute atomic E-state index is 12.8. The minimum absolute atomic E-state index is 0.195. The summed E-state index contributed by atoms with van der Waals surface area (Å²) in [4.78, 5) is 32.0. The van der Waals surface area contributed by atoms with Crippen LogP contribution in [0, 0.1) is 11.8 Å². The number of carbonyl (C=O) groups excluding carboxylic acids is 2. The number of carbonyl (C=O) groups is 2. The number of amides is 2. The molecule has 11 heteroatoms. The summed E-state index contributed by atoms with van der Waals surface area (Å²) in [6.45, 7) is 13.5. The number of primary amides is 1. The van der Waals surface area contributed by atoms with E-state index in [1.54, 1.807) is 0 Å². The predicted octanol–water partition coefficient (Wildman–Crippen LogP) is 5.06. The van der Waals surface area contributed by atoms with Crippen molar-refractivity contribution in [1.82, 2.24) is 24.5 Å². The predicted molar refractivity (Wildman–Crippen MR) is 181 cm³/mol. The van der Waals surface area contributed by atoms with Gasteiger partial charge in [0.15, 0.2) is 0 Å². The van der Waals surface area contributed by atoms with E-state index in [4.69, 9.17) is 20.3 Å². The molecule has 0 unspecified atom stereocenters. The molecule has 47 heavy (non-hydrogen) atoms. The summed E-state index contributed by atoms with van der Waals surface area (Å²) < 4.78 is 13.5. The topological polar surface area (TPSA) is 118 Å². The first-order chi connectivity index (χ1) is 22.6. The fourth-order valence-electron chi connectivity index (χ4n) is 7.60. The Bertz CT molecular complexity index is 1560. The third-order valence-corrected chi connectivity index (χ3v) is 10.0. The first kappa shape index (κ1) is 31.5. The maximum atomic E-state index is 12.8. The molecule has 3 N–H and O–H groups in total. The number of ether oxygens (including phenoxy) is 2. The fraction of sp³-hybridized carbons (Fsp3) is 0.528. The molecule has 0 radical (unpaired) electrons. The van der Waals surface area contributed by atoms with Crippen LogP contribution < -0.4 is 15.8 Å². The molecule has 5 heterocycles. The Balaban J connectivity index is 0.932. The lowest BCUT2D eigenvalue weighted by atomic mass is 9.85. The van der Waals surface area contributed by atoms with Gasteiger partial charge in [0.05, 0.1) is 6.04 Å². The second kappa shape index (κ2) is 12.8. The van der Waals surface area contributed by atoms with Crippen LogP contribution in [0.3, 0.4) is 0 Å². The standard InChI is InChI=1S/C36H47N7O4/c1-36(2,3)47-35(45)42-20-24(21-42)19-40-22-27(23-40)41-17-14-25(15-18-41)30-13-16-38-34-31(33(37)44)32(39-43(30)34)26-9-11-29(12-10-26)46-28-7-5-4-6-8-28/h4-12,24-25,27,30,38H,13-23H2,1-3H3,(H2,37,44)/t30-/m0/s1. The lowest BCUT2D eigenvalue weighted by molar-refractivity contribution is -0.0304. The van der Waals surface area contributed by atoms with Gasteiger partial charge in [0.25, 0.3) is 5.91 Å². The number of benzene rings is 2. The van der Waals surface area contributed by atoms with E-state index in [1.165, 1.54) is 0 Å². The van der Waals surface area contributed by atoms with Crippen molar-refractivity contribution in [2.45, 2.75) is 57.7 Å². The molecular formula is C36H47N7O4. The van der Waals surface area contributed by atoms with Gasteiger partial charge in [-0.2, -0.15) is 5.10 Å². The summed E-state index contributed by atoms with van der Waals surface area (Å²) in [5.74, 6) is 2.79. The van der Waals surface area contributed by atoms with Crippen molar-refractivity contribution in [2.24, 2.45) is 17.6 Å². The Hall–Kier alpha value is -4.09. The minimum atomic E-state index is -0.470. The van der Waals surface area contributed by atoms with Crippen molar-refractivity contribution in [3.63, 3.8) is 0 Å². The maximum Gasteiger partial charge on any atom is 0.410 e. The van der Waals surface area contributed by atoms with Gasteiger partial charge in [-0.3, -0.25) is 14.6 Å². The Morgan fingerprint density at radius 2 is 1.62 bits per heavy atom. The molecule has 0 aliphatic carbocycles. The number of rotatable bonds is 8. The molecule has 0 saturated carbocycles. The molecule has 3 fully saturated rings. The minimum Gasteiger partial charge on any atom is -0.457 e. The summed E-state index contributed by atoms with van der Waals surface area (Å²) in [5.41, 5.74) is 7.42. The number of nitrogens with zero attached hydrogens (tertiary/aromatic N) is 5. The molecule has 1 atom stereocenters. The molecule has 0 bridgehead atoms. The molecule has 0 spiro atoms. The quantitative estimate of drug-likeness (QED) is 0.351. The number of aromatic nitrogens is 2. The number of anilines is 1. The molecule has 2 amide bonds. The van der Waals surface area contributed by atoms with E-state index in [0.717, 1.165) is 94.5 Å².